The van der Waals surface area contributed by atoms with Crippen molar-refractivity contribution in [2.45, 2.75) is 20.0 Å². The number of hydrogen-bond donors (Lipinski definition) is 0. The van der Waals surface area contributed by atoms with Crippen LogP contribution in [0.25, 0.3) is 22.4 Å². The van der Waals surface area contributed by atoms with Gasteiger partial charge in [-0.2, -0.15) is 13.9 Å². The zero-order chi connectivity index (χ0) is 17.6. The Balaban J connectivity index is 0.00000225. The molecule has 131 valence electrons. The van der Waals surface area contributed by atoms with E-state index >= 15 is 0 Å². The van der Waals surface area contributed by atoms with E-state index in [1.54, 1.807) is 0 Å². The Morgan fingerprint density at radius 2 is 2.04 bits per heavy atom. The Morgan fingerprint density at radius 3 is 2.64 bits per heavy atom. The molecule has 0 aliphatic heterocycles. The molecule has 2 aromatic heterocycles. The SMILES string of the molecule is CCc1nc2c(Cl)cc(Cl)c(-c3nn(C)c(OC(F)F)c3Br)c2o1.[B]. The normalized spacial score (nSPS) is 11.2. The summed E-state index contributed by atoms with van der Waals surface area (Å²) < 4.78 is 36.7. The molecule has 2 heterocycles. The van der Waals surface area contributed by atoms with Crippen molar-refractivity contribution >= 4 is 58.6 Å². The van der Waals surface area contributed by atoms with Crippen molar-refractivity contribution in [2.75, 3.05) is 0 Å². The molecule has 3 radical (unpaired) electrons. The Hall–Kier alpha value is -1.32. The average molecular weight is 452 g/mol. The first-order chi connectivity index (χ1) is 11.3. The highest BCUT2D eigenvalue weighted by Gasteiger charge is 2.26. The molecule has 0 saturated heterocycles. The molecule has 0 unspecified atom stereocenters. The zero-order valence-electron chi connectivity index (χ0n) is 13.0. The number of fused-ring (bicyclic) bond motifs is 1. The van der Waals surface area contributed by atoms with Crippen LogP contribution in [-0.2, 0) is 13.5 Å². The minimum absolute atomic E-state index is 0. The van der Waals surface area contributed by atoms with Crippen LogP contribution in [0.3, 0.4) is 0 Å². The van der Waals surface area contributed by atoms with E-state index in [0.717, 1.165) is 0 Å². The third-order valence-corrected chi connectivity index (χ3v) is 4.60. The second-order valence-corrected chi connectivity index (χ2v) is 6.43. The Morgan fingerprint density at radius 1 is 1.36 bits per heavy atom. The Kier molecular flexibility index (Phi) is 6.01. The van der Waals surface area contributed by atoms with Crippen molar-refractivity contribution in [1.29, 1.82) is 0 Å². The third kappa shape index (κ3) is 3.50. The highest BCUT2D eigenvalue weighted by molar-refractivity contribution is 9.10. The smallest absolute Gasteiger partial charge is 0.388 e. The molecule has 0 atom stereocenters. The first kappa shape index (κ1) is 20.0. The van der Waals surface area contributed by atoms with Gasteiger partial charge >= 0.3 is 6.61 Å². The number of alkyl halides is 2. The summed E-state index contributed by atoms with van der Waals surface area (Å²) in [5, 5.41) is 4.80. The van der Waals surface area contributed by atoms with Gasteiger partial charge in [-0.15, -0.1) is 0 Å². The second-order valence-electron chi connectivity index (χ2n) is 4.82. The molecule has 0 spiro atoms. The van der Waals surface area contributed by atoms with Crippen LogP contribution in [0.15, 0.2) is 15.0 Å². The van der Waals surface area contributed by atoms with Crippen LogP contribution < -0.4 is 4.74 Å². The van der Waals surface area contributed by atoms with Gasteiger partial charge in [0.05, 0.1) is 15.6 Å². The summed E-state index contributed by atoms with van der Waals surface area (Å²) in [6, 6.07) is 1.51. The van der Waals surface area contributed by atoms with Crippen LogP contribution in [0.2, 0.25) is 10.0 Å². The van der Waals surface area contributed by atoms with Crippen LogP contribution >= 0.6 is 39.1 Å². The molecule has 1 aromatic carbocycles. The third-order valence-electron chi connectivity index (χ3n) is 3.30. The van der Waals surface area contributed by atoms with E-state index in [4.69, 9.17) is 27.6 Å². The predicted octanol–water partition coefficient (Wildman–Crippen LogP) is 5.08. The summed E-state index contributed by atoms with van der Waals surface area (Å²) >= 11 is 15.7. The minimum Gasteiger partial charge on any atom is -0.440 e. The number of aromatic nitrogens is 3. The van der Waals surface area contributed by atoms with Gasteiger partial charge < -0.3 is 9.15 Å². The maximum absolute atomic E-state index is 12.6. The average Bonchev–Trinajstić information content (AvgIpc) is 3.04. The fourth-order valence-electron chi connectivity index (χ4n) is 2.28. The van der Waals surface area contributed by atoms with Gasteiger partial charge in [-0.1, -0.05) is 30.1 Å². The number of hydrogen-bond acceptors (Lipinski definition) is 4. The molecule has 11 heteroatoms. The van der Waals surface area contributed by atoms with E-state index in [2.05, 4.69) is 30.7 Å². The van der Waals surface area contributed by atoms with E-state index in [1.165, 1.54) is 17.8 Å². The monoisotopic (exact) mass is 450 g/mol. The van der Waals surface area contributed by atoms with Crippen LogP contribution in [0.5, 0.6) is 5.88 Å². The first-order valence-electron chi connectivity index (χ1n) is 6.78. The molecular formula is C14H10BBrCl2F2N3O2. The van der Waals surface area contributed by atoms with Gasteiger partial charge in [0.25, 0.3) is 0 Å². The highest BCUT2D eigenvalue weighted by Crippen LogP contribution is 2.44. The molecule has 25 heavy (non-hydrogen) atoms. The van der Waals surface area contributed by atoms with E-state index in [1.807, 2.05) is 6.92 Å². The number of ether oxygens (including phenoxy) is 1. The van der Waals surface area contributed by atoms with Gasteiger partial charge in [-0.3, -0.25) is 0 Å². The number of nitrogens with zero attached hydrogens (tertiary/aromatic N) is 3. The number of benzene rings is 1. The van der Waals surface area contributed by atoms with Gasteiger partial charge in [-0.25, -0.2) is 9.67 Å². The standard InChI is InChI=1S/C14H10BrCl2F2N3O2.B/c1-3-7-20-10-6(17)4-5(16)8(12(10)23-7)11-9(15)13(22(2)21-11)24-14(18)19;/h4,14H,3H2,1-2H3;. The molecule has 3 rings (SSSR count). The lowest BCUT2D eigenvalue weighted by Gasteiger charge is -2.05. The summed E-state index contributed by atoms with van der Waals surface area (Å²) in [6.45, 7) is -1.10. The maximum Gasteiger partial charge on any atom is 0.388 e. The lowest BCUT2D eigenvalue weighted by molar-refractivity contribution is -0.0558. The van der Waals surface area contributed by atoms with Crippen molar-refractivity contribution in [1.82, 2.24) is 14.8 Å². The molecule has 3 aromatic rings. The number of rotatable bonds is 4. The number of oxazole rings is 1. The van der Waals surface area contributed by atoms with Gasteiger partial charge in [-0.05, 0) is 22.0 Å². The van der Waals surface area contributed by atoms with Crippen LogP contribution in [0.1, 0.15) is 12.8 Å². The summed E-state index contributed by atoms with van der Waals surface area (Å²) in [5.74, 6) is 0.348. The first-order valence-corrected chi connectivity index (χ1v) is 8.33. The lowest BCUT2D eigenvalue weighted by atomic mass is 10.1. The quantitative estimate of drug-likeness (QED) is 0.519. The summed E-state index contributed by atoms with van der Waals surface area (Å²) in [7, 11) is 1.48. The molecule has 0 aliphatic carbocycles. The van der Waals surface area contributed by atoms with Gasteiger partial charge in [0.15, 0.2) is 11.5 Å². The topological polar surface area (TPSA) is 53.1 Å². The molecule has 0 amide bonds. The van der Waals surface area contributed by atoms with Crippen LogP contribution in [0, 0.1) is 0 Å². The van der Waals surface area contributed by atoms with Crippen molar-refractivity contribution in [3.63, 3.8) is 0 Å². The van der Waals surface area contributed by atoms with Gasteiger partial charge in [0.2, 0.25) is 5.88 Å². The summed E-state index contributed by atoms with van der Waals surface area (Å²) in [5.41, 5.74) is 1.46. The molecule has 0 aliphatic rings. The summed E-state index contributed by atoms with van der Waals surface area (Å²) in [4.78, 5) is 4.31. The van der Waals surface area contributed by atoms with E-state index < -0.39 is 6.61 Å². The minimum atomic E-state index is -2.98. The van der Waals surface area contributed by atoms with Crippen molar-refractivity contribution in [3.8, 4) is 17.1 Å². The maximum atomic E-state index is 12.6. The second kappa shape index (κ2) is 7.51. The van der Waals surface area contributed by atoms with Crippen LogP contribution in [0.4, 0.5) is 8.78 Å². The van der Waals surface area contributed by atoms with Crippen molar-refractivity contribution < 1.29 is 17.9 Å². The predicted molar refractivity (Wildman–Crippen MR) is 95.7 cm³/mol. The van der Waals surface area contributed by atoms with Gasteiger partial charge in [0, 0.05) is 21.9 Å². The molecule has 0 fully saturated rings. The van der Waals surface area contributed by atoms with Crippen molar-refractivity contribution in [3.05, 3.63) is 26.5 Å². The molecule has 0 N–H and O–H groups in total. The van der Waals surface area contributed by atoms with Gasteiger partial charge in [0.1, 0.15) is 15.7 Å². The molecule has 0 bridgehead atoms. The van der Waals surface area contributed by atoms with Crippen LogP contribution in [-0.4, -0.2) is 29.8 Å². The molecular weight excluding hydrogens is 442 g/mol. The Labute approximate surface area is 161 Å². The fraction of sp³-hybridized carbons (Fsp3) is 0.286. The fourth-order valence-corrected chi connectivity index (χ4v) is 3.49. The highest BCUT2D eigenvalue weighted by atomic mass is 79.9. The zero-order valence-corrected chi connectivity index (χ0v) is 16.1. The summed E-state index contributed by atoms with van der Waals surface area (Å²) in [6.07, 6.45) is 0.561. The van der Waals surface area contributed by atoms with E-state index in [0.29, 0.717) is 39.7 Å². The molecule has 0 saturated carbocycles. The molecule has 5 nitrogen and oxygen atoms in total. The van der Waals surface area contributed by atoms with E-state index in [-0.39, 0.29) is 23.8 Å². The van der Waals surface area contributed by atoms with Crippen molar-refractivity contribution in [2.24, 2.45) is 7.05 Å². The largest absolute Gasteiger partial charge is 0.440 e. The Bertz CT molecular complexity index is 933. The lowest BCUT2D eigenvalue weighted by Crippen LogP contribution is -2.06. The number of halogens is 5. The number of aryl methyl sites for hydroxylation is 2. The van der Waals surface area contributed by atoms with E-state index in [9.17, 15) is 8.78 Å².